The minimum atomic E-state index is -3.77. The number of benzene rings is 1. The largest absolute Gasteiger partial charge is 0.481 e. The standard InChI is InChI=1S/C18H16N2O6S3/c19-29(24,25)13-6-3-11(4-7-13)14-8-5-12(26-14)10-15-17(23)20(18(27)28-15)9-1-2-16(21)22/h3-8,10H,1-2,9H2,(H,21,22)(H2,19,24,25). The molecule has 152 valence electrons. The molecule has 3 N–H and O–H groups in total. The average Bonchev–Trinajstić information content (AvgIpc) is 3.21. The predicted octanol–water partition coefficient (Wildman–Crippen LogP) is 2.66. The van der Waals surface area contributed by atoms with Crippen LogP contribution >= 0.6 is 24.0 Å². The smallest absolute Gasteiger partial charge is 0.303 e. The van der Waals surface area contributed by atoms with Gasteiger partial charge in [0, 0.05) is 24.6 Å². The van der Waals surface area contributed by atoms with Gasteiger partial charge in [-0.2, -0.15) is 0 Å². The van der Waals surface area contributed by atoms with E-state index in [9.17, 15) is 18.0 Å². The lowest BCUT2D eigenvalue weighted by atomic mass is 10.2. The fourth-order valence-corrected chi connectivity index (χ4v) is 4.41. The van der Waals surface area contributed by atoms with E-state index in [-0.39, 0.29) is 23.8 Å². The van der Waals surface area contributed by atoms with E-state index in [1.807, 2.05) is 0 Å². The van der Waals surface area contributed by atoms with E-state index in [0.717, 1.165) is 11.8 Å². The van der Waals surface area contributed by atoms with Crippen molar-refractivity contribution in [2.45, 2.75) is 17.7 Å². The summed E-state index contributed by atoms with van der Waals surface area (Å²) < 4.78 is 28.8. The molecule has 3 rings (SSSR count). The maximum absolute atomic E-state index is 12.5. The van der Waals surface area contributed by atoms with Crippen LogP contribution in [0.15, 0.2) is 50.6 Å². The Bertz CT molecular complexity index is 1100. The molecule has 2 heterocycles. The van der Waals surface area contributed by atoms with Crippen molar-refractivity contribution in [3.8, 4) is 11.3 Å². The normalized spacial score (nSPS) is 16.0. The van der Waals surface area contributed by atoms with Gasteiger partial charge in [0.25, 0.3) is 5.91 Å². The number of nitrogens with zero attached hydrogens (tertiary/aromatic N) is 1. The molecule has 0 unspecified atom stereocenters. The molecule has 2 aromatic rings. The number of rotatable bonds is 7. The van der Waals surface area contributed by atoms with Crippen LogP contribution in [-0.4, -0.2) is 41.2 Å². The van der Waals surface area contributed by atoms with Crippen LogP contribution in [-0.2, 0) is 19.6 Å². The second kappa shape index (κ2) is 8.49. The molecule has 1 aliphatic heterocycles. The fraction of sp³-hybridized carbons (Fsp3) is 0.167. The van der Waals surface area contributed by atoms with Crippen molar-refractivity contribution in [2.75, 3.05) is 6.54 Å². The Morgan fingerprint density at radius 3 is 2.55 bits per heavy atom. The Hall–Kier alpha value is -2.47. The quantitative estimate of drug-likeness (QED) is 0.484. The fourth-order valence-electron chi connectivity index (χ4n) is 2.60. The van der Waals surface area contributed by atoms with Crippen LogP contribution in [0.4, 0.5) is 0 Å². The number of carbonyl (C=O) groups is 2. The van der Waals surface area contributed by atoms with Crippen LogP contribution in [0.1, 0.15) is 18.6 Å². The Balaban J connectivity index is 1.74. The van der Waals surface area contributed by atoms with Crippen LogP contribution < -0.4 is 5.14 Å². The van der Waals surface area contributed by atoms with Crippen molar-refractivity contribution in [2.24, 2.45) is 5.14 Å². The first-order valence-electron chi connectivity index (χ1n) is 8.35. The molecule has 1 aliphatic rings. The Kier molecular flexibility index (Phi) is 6.22. The third-order valence-corrected chi connectivity index (χ3v) is 6.32. The van der Waals surface area contributed by atoms with Gasteiger partial charge < -0.3 is 9.52 Å². The number of carboxylic acid groups (broad SMARTS) is 1. The van der Waals surface area contributed by atoms with Gasteiger partial charge in [0.2, 0.25) is 10.0 Å². The minimum Gasteiger partial charge on any atom is -0.481 e. The summed E-state index contributed by atoms with van der Waals surface area (Å²) in [4.78, 5) is 24.9. The lowest BCUT2D eigenvalue weighted by Gasteiger charge is -2.13. The Morgan fingerprint density at radius 1 is 1.24 bits per heavy atom. The van der Waals surface area contributed by atoms with Crippen LogP contribution in [0, 0.1) is 0 Å². The van der Waals surface area contributed by atoms with Gasteiger partial charge in [0.1, 0.15) is 15.8 Å². The number of furan rings is 1. The highest BCUT2D eigenvalue weighted by atomic mass is 32.2. The topological polar surface area (TPSA) is 131 Å². The Morgan fingerprint density at radius 2 is 1.93 bits per heavy atom. The molecule has 8 nitrogen and oxygen atoms in total. The highest BCUT2D eigenvalue weighted by molar-refractivity contribution is 8.26. The number of hydrogen-bond donors (Lipinski definition) is 2. The summed E-state index contributed by atoms with van der Waals surface area (Å²) in [7, 11) is -3.77. The summed E-state index contributed by atoms with van der Waals surface area (Å²) >= 11 is 6.33. The number of sulfonamides is 1. The molecule has 1 aromatic heterocycles. The van der Waals surface area contributed by atoms with E-state index in [0.29, 0.717) is 32.7 Å². The summed E-state index contributed by atoms with van der Waals surface area (Å²) in [6.45, 7) is 0.244. The zero-order chi connectivity index (χ0) is 21.2. The monoisotopic (exact) mass is 452 g/mol. The molecule has 0 aliphatic carbocycles. The van der Waals surface area contributed by atoms with Crippen molar-refractivity contribution in [3.63, 3.8) is 0 Å². The first kappa shape index (κ1) is 21.2. The second-order valence-corrected chi connectivity index (χ2v) is 9.34. The molecule has 11 heteroatoms. The summed E-state index contributed by atoms with van der Waals surface area (Å²) in [5.74, 6) is -0.289. The number of aliphatic carboxylic acids is 1. The van der Waals surface area contributed by atoms with Gasteiger partial charge in [0.15, 0.2) is 0 Å². The van der Waals surface area contributed by atoms with Gasteiger partial charge in [-0.1, -0.05) is 24.0 Å². The van der Waals surface area contributed by atoms with Gasteiger partial charge in [-0.05, 0) is 42.8 Å². The highest BCUT2D eigenvalue weighted by Gasteiger charge is 2.32. The first-order chi connectivity index (χ1) is 13.6. The number of thioether (sulfide) groups is 1. The molecule has 1 fully saturated rings. The van der Waals surface area contributed by atoms with Crippen molar-refractivity contribution in [3.05, 3.63) is 47.1 Å². The third-order valence-electron chi connectivity index (χ3n) is 4.01. The lowest BCUT2D eigenvalue weighted by molar-refractivity contribution is -0.137. The number of carbonyl (C=O) groups excluding carboxylic acids is 1. The molecular weight excluding hydrogens is 436 g/mol. The SMILES string of the molecule is NS(=O)(=O)c1ccc(-c2ccc(C=C3SC(=S)N(CCCC(=O)O)C3=O)o2)cc1. The molecule has 0 bridgehead atoms. The van der Waals surface area contributed by atoms with Crippen LogP contribution in [0.3, 0.4) is 0 Å². The second-order valence-electron chi connectivity index (χ2n) is 6.10. The van der Waals surface area contributed by atoms with E-state index in [4.69, 9.17) is 26.9 Å². The molecule has 1 aromatic carbocycles. The number of nitrogens with two attached hydrogens (primary N) is 1. The van der Waals surface area contributed by atoms with Gasteiger partial charge in [-0.15, -0.1) is 0 Å². The van der Waals surface area contributed by atoms with Crippen molar-refractivity contribution in [1.82, 2.24) is 4.90 Å². The summed E-state index contributed by atoms with van der Waals surface area (Å²) in [6.07, 6.45) is 1.84. The summed E-state index contributed by atoms with van der Waals surface area (Å²) in [5, 5.41) is 13.8. The minimum absolute atomic E-state index is 0.000369. The zero-order valence-corrected chi connectivity index (χ0v) is 17.4. The summed E-state index contributed by atoms with van der Waals surface area (Å²) in [5.41, 5.74) is 0.651. The molecular formula is C18H16N2O6S3. The zero-order valence-electron chi connectivity index (χ0n) is 14.9. The number of carboxylic acids is 1. The molecule has 1 amide bonds. The maximum atomic E-state index is 12.5. The number of thiocarbonyl (C=S) groups is 1. The molecule has 1 saturated heterocycles. The lowest BCUT2D eigenvalue weighted by Crippen LogP contribution is -2.29. The highest BCUT2D eigenvalue weighted by Crippen LogP contribution is 2.34. The third kappa shape index (κ3) is 5.12. The van der Waals surface area contributed by atoms with Crippen molar-refractivity contribution < 1.29 is 27.5 Å². The van der Waals surface area contributed by atoms with Crippen LogP contribution in [0.5, 0.6) is 0 Å². The Labute approximate surface area is 176 Å². The van der Waals surface area contributed by atoms with E-state index < -0.39 is 16.0 Å². The molecule has 0 saturated carbocycles. The van der Waals surface area contributed by atoms with E-state index in [1.54, 1.807) is 30.3 Å². The predicted molar refractivity (Wildman–Crippen MR) is 112 cm³/mol. The molecule has 0 radical (unpaired) electrons. The number of amides is 1. The van der Waals surface area contributed by atoms with Gasteiger partial charge >= 0.3 is 5.97 Å². The summed E-state index contributed by atoms with van der Waals surface area (Å²) in [6, 6.07) is 9.30. The van der Waals surface area contributed by atoms with Crippen LogP contribution in [0.25, 0.3) is 17.4 Å². The number of hydrogen-bond acceptors (Lipinski definition) is 7. The van der Waals surface area contributed by atoms with E-state index in [2.05, 4.69) is 0 Å². The first-order valence-corrected chi connectivity index (χ1v) is 11.1. The maximum Gasteiger partial charge on any atom is 0.303 e. The van der Waals surface area contributed by atoms with Crippen molar-refractivity contribution >= 4 is 56.3 Å². The molecule has 0 atom stereocenters. The van der Waals surface area contributed by atoms with Crippen LogP contribution in [0.2, 0.25) is 0 Å². The van der Waals surface area contributed by atoms with Gasteiger partial charge in [0.05, 0.1) is 9.80 Å². The van der Waals surface area contributed by atoms with Crippen molar-refractivity contribution in [1.29, 1.82) is 0 Å². The molecule has 0 spiro atoms. The average molecular weight is 453 g/mol. The van der Waals surface area contributed by atoms with E-state index in [1.165, 1.54) is 17.0 Å². The van der Waals surface area contributed by atoms with E-state index >= 15 is 0 Å². The molecule has 29 heavy (non-hydrogen) atoms. The number of primary sulfonamides is 1. The van der Waals surface area contributed by atoms with Gasteiger partial charge in [-0.3, -0.25) is 14.5 Å². The van der Waals surface area contributed by atoms with Gasteiger partial charge in [-0.25, -0.2) is 13.6 Å².